The first-order valence-corrected chi connectivity index (χ1v) is 11.8. The van der Waals surface area contributed by atoms with Gasteiger partial charge in [-0.25, -0.2) is 9.59 Å². The molecule has 9 heteroatoms. The summed E-state index contributed by atoms with van der Waals surface area (Å²) in [4.78, 5) is 35.6. The van der Waals surface area contributed by atoms with E-state index < -0.39 is 18.1 Å². The summed E-state index contributed by atoms with van der Waals surface area (Å²) >= 11 is 0. The van der Waals surface area contributed by atoms with Gasteiger partial charge in [-0.15, -0.1) is 0 Å². The fraction of sp³-hybridized carbons (Fsp3) is 0.560. The molecule has 0 aliphatic rings. The number of aliphatic carboxylic acids is 1. The number of carbonyl (C=O) groups is 3. The van der Waals surface area contributed by atoms with E-state index >= 15 is 0 Å². The average Bonchev–Trinajstić information content (AvgIpc) is 2.79. The molecule has 0 saturated heterocycles. The van der Waals surface area contributed by atoms with E-state index in [0.29, 0.717) is 44.0 Å². The first kappa shape index (κ1) is 29.0. The quantitative estimate of drug-likeness (QED) is 0.210. The Morgan fingerprint density at radius 3 is 2.53 bits per heavy atom. The molecule has 0 heterocycles. The monoisotopic (exact) mass is 477 g/mol. The molecule has 2 amide bonds. The van der Waals surface area contributed by atoms with Gasteiger partial charge in [-0.1, -0.05) is 32.1 Å². The molecule has 34 heavy (non-hydrogen) atoms. The summed E-state index contributed by atoms with van der Waals surface area (Å²) in [6.45, 7) is 5.04. The summed E-state index contributed by atoms with van der Waals surface area (Å²) in [5.41, 5.74) is 6.20. The molecule has 0 saturated carbocycles. The molecule has 1 aromatic carbocycles. The number of nitrogens with two attached hydrogens (primary N) is 1. The topological polar surface area (TPSA) is 140 Å². The molecule has 5 N–H and O–H groups in total. The highest BCUT2D eigenvalue weighted by atomic mass is 16.6. The number of carboxylic acids is 1. The number of allylic oxidation sites excluding steroid dienone is 2. The van der Waals surface area contributed by atoms with Crippen LogP contribution < -0.4 is 25.8 Å². The first-order valence-electron chi connectivity index (χ1n) is 11.8. The van der Waals surface area contributed by atoms with Gasteiger partial charge in [0.15, 0.2) is 11.5 Å². The van der Waals surface area contributed by atoms with E-state index in [1.807, 2.05) is 0 Å². The second-order valence-corrected chi connectivity index (χ2v) is 8.39. The van der Waals surface area contributed by atoms with Crippen molar-refractivity contribution in [1.29, 1.82) is 0 Å². The average molecular weight is 478 g/mol. The number of benzene rings is 1. The van der Waals surface area contributed by atoms with E-state index in [-0.39, 0.29) is 18.1 Å². The highest BCUT2D eigenvalue weighted by Gasteiger charge is 2.21. The van der Waals surface area contributed by atoms with Gasteiger partial charge in [-0.2, -0.15) is 0 Å². The minimum Gasteiger partial charge on any atom is -0.493 e. The number of hydrogen-bond acceptors (Lipinski definition) is 6. The maximum absolute atomic E-state index is 12.2. The third-order valence-electron chi connectivity index (χ3n) is 5.00. The molecule has 0 aliphatic heterocycles. The minimum atomic E-state index is -1.14. The van der Waals surface area contributed by atoms with Crippen molar-refractivity contribution in [3.05, 3.63) is 35.9 Å². The van der Waals surface area contributed by atoms with Gasteiger partial charge in [0, 0.05) is 13.0 Å². The van der Waals surface area contributed by atoms with Crippen molar-refractivity contribution in [3.8, 4) is 11.5 Å². The summed E-state index contributed by atoms with van der Waals surface area (Å²) in [5, 5.41) is 14.5. The number of nitrogens with one attached hydrogen (secondary N) is 2. The Hall–Kier alpha value is -3.07. The van der Waals surface area contributed by atoms with Crippen LogP contribution in [0.2, 0.25) is 0 Å². The molecule has 0 radical (unpaired) electrons. The van der Waals surface area contributed by atoms with Gasteiger partial charge in [0.1, 0.15) is 6.04 Å². The number of carbonyl (C=O) groups excluding carboxylic acids is 2. The van der Waals surface area contributed by atoms with E-state index in [0.717, 1.165) is 24.8 Å². The highest BCUT2D eigenvalue weighted by Crippen LogP contribution is 2.28. The SMILES string of the molecule is COc1cc(CNC(=O)CCCC/C=C/C(C)C)ccc1OC(=O)N[C@@H](CCCCN)C(=O)O. The van der Waals surface area contributed by atoms with E-state index in [2.05, 4.69) is 36.6 Å². The molecule has 1 rings (SSSR count). The summed E-state index contributed by atoms with van der Waals surface area (Å²) in [7, 11) is 1.43. The Morgan fingerprint density at radius 1 is 1.12 bits per heavy atom. The Labute approximate surface area is 202 Å². The molecule has 0 aromatic heterocycles. The Bertz CT molecular complexity index is 810. The van der Waals surface area contributed by atoms with E-state index in [4.69, 9.17) is 15.2 Å². The minimum absolute atomic E-state index is 0.0270. The standard InChI is InChI=1S/C25H39N3O6/c1-18(2)10-6-4-5-7-12-23(29)27-17-19-13-14-21(22(16-19)33-3)34-25(32)28-20(24(30)31)11-8-9-15-26/h6,10,13-14,16,18,20H,4-5,7-9,11-12,15,17,26H2,1-3H3,(H,27,29)(H,28,32)(H,30,31)/b10-6+/t20-/m0/s1. The number of ether oxygens (including phenoxy) is 2. The molecular formula is C25H39N3O6. The molecule has 1 aromatic rings. The van der Waals surface area contributed by atoms with Crippen LogP contribution in [0.25, 0.3) is 0 Å². The zero-order valence-corrected chi connectivity index (χ0v) is 20.5. The molecular weight excluding hydrogens is 438 g/mol. The van der Waals surface area contributed by atoms with Crippen LogP contribution in [-0.4, -0.2) is 42.8 Å². The lowest BCUT2D eigenvalue weighted by Gasteiger charge is -2.16. The number of amides is 2. The second kappa shape index (κ2) is 16.5. The van der Waals surface area contributed by atoms with Crippen molar-refractivity contribution in [2.45, 2.75) is 71.4 Å². The van der Waals surface area contributed by atoms with Gasteiger partial charge in [0.2, 0.25) is 5.91 Å². The zero-order chi connectivity index (χ0) is 25.3. The largest absolute Gasteiger partial charge is 0.493 e. The summed E-state index contributed by atoms with van der Waals surface area (Å²) in [5.74, 6) is -0.177. The van der Waals surface area contributed by atoms with Crippen LogP contribution in [0.1, 0.15) is 64.4 Å². The maximum Gasteiger partial charge on any atom is 0.413 e. The molecule has 0 unspecified atom stereocenters. The van der Waals surface area contributed by atoms with Crippen LogP contribution in [0.4, 0.5) is 4.79 Å². The second-order valence-electron chi connectivity index (χ2n) is 8.39. The predicted molar refractivity (Wildman–Crippen MR) is 131 cm³/mol. The van der Waals surface area contributed by atoms with Crippen LogP contribution in [0.3, 0.4) is 0 Å². The lowest BCUT2D eigenvalue weighted by atomic mass is 10.1. The molecule has 190 valence electrons. The van der Waals surface area contributed by atoms with Crippen LogP contribution in [-0.2, 0) is 16.1 Å². The van der Waals surface area contributed by atoms with Gasteiger partial charge < -0.3 is 30.9 Å². The van der Waals surface area contributed by atoms with Crippen LogP contribution >= 0.6 is 0 Å². The van der Waals surface area contributed by atoms with Crippen LogP contribution in [0.5, 0.6) is 11.5 Å². The van der Waals surface area contributed by atoms with Crippen molar-refractivity contribution in [2.24, 2.45) is 11.7 Å². The summed E-state index contributed by atoms with van der Waals surface area (Å²) in [6.07, 6.45) is 8.16. The molecule has 9 nitrogen and oxygen atoms in total. The molecule has 0 fully saturated rings. The third-order valence-corrected chi connectivity index (χ3v) is 5.00. The van der Waals surface area contributed by atoms with E-state index in [1.165, 1.54) is 7.11 Å². The van der Waals surface area contributed by atoms with E-state index in [9.17, 15) is 19.5 Å². The van der Waals surface area contributed by atoms with Crippen molar-refractivity contribution >= 4 is 18.0 Å². The predicted octanol–water partition coefficient (Wildman–Crippen LogP) is 3.75. The van der Waals surface area contributed by atoms with Gasteiger partial charge in [0.25, 0.3) is 0 Å². The van der Waals surface area contributed by atoms with Gasteiger partial charge >= 0.3 is 12.1 Å². The Balaban J connectivity index is 2.53. The lowest BCUT2D eigenvalue weighted by molar-refractivity contribution is -0.139. The van der Waals surface area contributed by atoms with Crippen molar-refractivity contribution in [3.63, 3.8) is 0 Å². The van der Waals surface area contributed by atoms with E-state index in [1.54, 1.807) is 18.2 Å². The van der Waals surface area contributed by atoms with Crippen molar-refractivity contribution in [1.82, 2.24) is 10.6 Å². The fourth-order valence-corrected chi connectivity index (χ4v) is 3.13. The number of unbranched alkanes of at least 4 members (excludes halogenated alkanes) is 3. The smallest absolute Gasteiger partial charge is 0.413 e. The highest BCUT2D eigenvalue weighted by molar-refractivity contribution is 5.81. The summed E-state index contributed by atoms with van der Waals surface area (Å²) < 4.78 is 10.5. The van der Waals surface area contributed by atoms with Crippen LogP contribution in [0.15, 0.2) is 30.4 Å². The normalized spacial score (nSPS) is 11.9. The Kier molecular flexibility index (Phi) is 14.1. The maximum atomic E-state index is 12.2. The number of hydrogen-bond donors (Lipinski definition) is 4. The summed E-state index contributed by atoms with van der Waals surface area (Å²) in [6, 6.07) is 3.85. The zero-order valence-electron chi connectivity index (χ0n) is 20.5. The number of methoxy groups -OCH3 is 1. The molecule has 1 atom stereocenters. The van der Waals surface area contributed by atoms with Crippen LogP contribution in [0, 0.1) is 5.92 Å². The van der Waals surface area contributed by atoms with Gasteiger partial charge in [-0.3, -0.25) is 4.79 Å². The number of rotatable bonds is 16. The molecule has 0 spiro atoms. The molecule has 0 bridgehead atoms. The molecule has 0 aliphatic carbocycles. The lowest BCUT2D eigenvalue weighted by Crippen LogP contribution is -2.42. The van der Waals surface area contributed by atoms with Gasteiger partial charge in [-0.05, 0) is 68.7 Å². The van der Waals surface area contributed by atoms with Gasteiger partial charge in [0.05, 0.1) is 7.11 Å². The number of carboxylic acid groups (broad SMARTS) is 1. The third kappa shape index (κ3) is 12.2. The van der Waals surface area contributed by atoms with Crippen molar-refractivity contribution in [2.75, 3.05) is 13.7 Å². The first-order chi connectivity index (χ1) is 16.3. The fourth-order valence-electron chi connectivity index (χ4n) is 3.13. The van der Waals surface area contributed by atoms with Crippen molar-refractivity contribution < 1.29 is 29.0 Å². The Morgan fingerprint density at radius 2 is 1.88 bits per heavy atom.